The highest BCUT2D eigenvalue weighted by Crippen LogP contribution is 2.26. The number of thiophene rings is 1. The summed E-state index contributed by atoms with van der Waals surface area (Å²) in [4.78, 5) is 17.5. The standard InChI is InChI=1S/C15H13NOS2/c1-10-8-16-15(19-10)7-12(17)6-11-9-18-14-5-3-2-4-13(11)14/h2-5,8-9H,6-7H2,1H3. The summed E-state index contributed by atoms with van der Waals surface area (Å²) >= 11 is 3.30. The van der Waals surface area contributed by atoms with Crippen LogP contribution in [0, 0.1) is 6.92 Å². The summed E-state index contributed by atoms with van der Waals surface area (Å²) in [5.41, 5.74) is 1.14. The molecule has 0 aliphatic heterocycles. The number of thiazole rings is 1. The lowest BCUT2D eigenvalue weighted by Gasteiger charge is -1.98. The highest BCUT2D eigenvalue weighted by Gasteiger charge is 2.11. The Morgan fingerprint density at radius 1 is 1.26 bits per heavy atom. The van der Waals surface area contributed by atoms with Gasteiger partial charge in [-0.2, -0.15) is 0 Å². The van der Waals surface area contributed by atoms with Crippen LogP contribution < -0.4 is 0 Å². The first-order valence-corrected chi connectivity index (χ1v) is 7.80. The van der Waals surface area contributed by atoms with E-state index >= 15 is 0 Å². The number of rotatable bonds is 4. The van der Waals surface area contributed by atoms with Crippen LogP contribution in [0.3, 0.4) is 0 Å². The van der Waals surface area contributed by atoms with E-state index in [9.17, 15) is 4.79 Å². The van der Waals surface area contributed by atoms with E-state index in [1.54, 1.807) is 22.7 Å². The maximum Gasteiger partial charge on any atom is 0.144 e. The highest BCUT2D eigenvalue weighted by molar-refractivity contribution is 7.17. The molecule has 4 heteroatoms. The van der Waals surface area contributed by atoms with Crippen molar-refractivity contribution in [3.8, 4) is 0 Å². The van der Waals surface area contributed by atoms with Crippen molar-refractivity contribution < 1.29 is 4.79 Å². The fraction of sp³-hybridized carbons (Fsp3) is 0.200. The summed E-state index contributed by atoms with van der Waals surface area (Å²) in [5.74, 6) is 0.234. The summed E-state index contributed by atoms with van der Waals surface area (Å²) in [5, 5.41) is 4.22. The molecule has 1 aromatic carbocycles. The van der Waals surface area contributed by atoms with E-state index in [0.29, 0.717) is 12.8 Å². The second-order valence-corrected chi connectivity index (χ2v) is 6.74. The summed E-state index contributed by atoms with van der Waals surface area (Å²) in [6.45, 7) is 2.01. The van der Waals surface area contributed by atoms with Gasteiger partial charge in [0.2, 0.25) is 0 Å². The maximum atomic E-state index is 12.1. The number of nitrogens with zero attached hydrogens (tertiary/aromatic N) is 1. The molecule has 0 saturated carbocycles. The number of hydrogen-bond donors (Lipinski definition) is 0. The Balaban J connectivity index is 1.76. The number of benzene rings is 1. The molecule has 0 aliphatic carbocycles. The van der Waals surface area contributed by atoms with E-state index in [2.05, 4.69) is 22.5 Å². The van der Waals surface area contributed by atoms with Gasteiger partial charge in [-0.3, -0.25) is 4.79 Å². The Morgan fingerprint density at radius 3 is 2.89 bits per heavy atom. The van der Waals surface area contributed by atoms with E-state index in [1.807, 2.05) is 25.3 Å². The van der Waals surface area contributed by atoms with Gasteiger partial charge in [0.1, 0.15) is 10.8 Å². The van der Waals surface area contributed by atoms with Crippen molar-refractivity contribution in [3.05, 3.63) is 51.3 Å². The Kier molecular flexibility index (Phi) is 3.44. The molecule has 96 valence electrons. The van der Waals surface area contributed by atoms with Crippen LogP contribution in [0.5, 0.6) is 0 Å². The van der Waals surface area contributed by atoms with Gasteiger partial charge in [-0.25, -0.2) is 4.98 Å². The fourth-order valence-electron chi connectivity index (χ4n) is 2.10. The molecule has 0 saturated heterocycles. The van der Waals surface area contributed by atoms with Crippen molar-refractivity contribution in [2.75, 3.05) is 0 Å². The molecule has 0 bridgehead atoms. The van der Waals surface area contributed by atoms with Crippen LogP contribution in [0.4, 0.5) is 0 Å². The van der Waals surface area contributed by atoms with Crippen molar-refractivity contribution in [2.24, 2.45) is 0 Å². The third-order valence-corrected chi connectivity index (χ3v) is 4.89. The molecule has 0 atom stereocenters. The SMILES string of the molecule is Cc1cnc(CC(=O)Cc2csc3ccccc23)s1. The zero-order valence-electron chi connectivity index (χ0n) is 10.6. The first-order chi connectivity index (χ1) is 9.22. The second-order valence-electron chi connectivity index (χ2n) is 4.51. The molecule has 2 nitrogen and oxygen atoms in total. The Hall–Kier alpha value is -1.52. The lowest BCUT2D eigenvalue weighted by atomic mass is 10.1. The summed E-state index contributed by atoms with van der Waals surface area (Å²) in [6, 6.07) is 8.23. The summed E-state index contributed by atoms with van der Waals surface area (Å²) in [6.07, 6.45) is 2.78. The second kappa shape index (κ2) is 5.23. The van der Waals surface area contributed by atoms with Crippen molar-refractivity contribution >= 4 is 38.5 Å². The monoisotopic (exact) mass is 287 g/mol. The quantitative estimate of drug-likeness (QED) is 0.725. The normalized spacial score (nSPS) is 11.0. The minimum absolute atomic E-state index is 0.234. The van der Waals surface area contributed by atoms with Crippen LogP contribution in [0.25, 0.3) is 10.1 Å². The molecule has 3 aromatic rings. The first kappa shape index (κ1) is 12.5. The zero-order chi connectivity index (χ0) is 13.2. The third-order valence-electron chi connectivity index (χ3n) is 2.97. The molecule has 2 aromatic heterocycles. The van der Waals surface area contributed by atoms with Gasteiger partial charge in [0, 0.05) is 22.2 Å². The largest absolute Gasteiger partial charge is 0.299 e. The average Bonchev–Trinajstić information content (AvgIpc) is 2.97. The minimum atomic E-state index is 0.234. The highest BCUT2D eigenvalue weighted by atomic mass is 32.1. The number of fused-ring (bicyclic) bond motifs is 1. The van der Waals surface area contributed by atoms with Gasteiger partial charge < -0.3 is 0 Å². The van der Waals surface area contributed by atoms with Crippen molar-refractivity contribution in [1.29, 1.82) is 0 Å². The van der Waals surface area contributed by atoms with Gasteiger partial charge in [-0.15, -0.1) is 22.7 Å². The predicted molar refractivity (Wildman–Crippen MR) is 81.1 cm³/mol. The molecule has 0 N–H and O–H groups in total. The lowest BCUT2D eigenvalue weighted by molar-refractivity contribution is -0.117. The molecular weight excluding hydrogens is 274 g/mol. The van der Waals surface area contributed by atoms with Gasteiger partial charge in [0.05, 0.1) is 6.42 Å². The molecular formula is C15H13NOS2. The van der Waals surface area contributed by atoms with Crippen LogP contribution in [0.1, 0.15) is 15.4 Å². The van der Waals surface area contributed by atoms with Crippen LogP contribution >= 0.6 is 22.7 Å². The number of carbonyl (C=O) groups is 1. The van der Waals surface area contributed by atoms with Crippen molar-refractivity contribution in [2.45, 2.75) is 19.8 Å². The first-order valence-electron chi connectivity index (χ1n) is 6.10. The summed E-state index contributed by atoms with van der Waals surface area (Å²) in [7, 11) is 0. The smallest absolute Gasteiger partial charge is 0.144 e. The van der Waals surface area contributed by atoms with Crippen molar-refractivity contribution in [3.63, 3.8) is 0 Å². The van der Waals surface area contributed by atoms with Crippen LogP contribution in [-0.4, -0.2) is 10.8 Å². The van der Waals surface area contributed by atoms with Crippen LogP contribution in [0.2, 0.25) is 0 Å². The molecule has 0 aliphatic rings. The molecule has 19 heavy (non-hydrogen) atoms. The van der Waals surface area contributed by atoms with Crippen LogP contribution in [-0.2, 0) is 17.6 Å². The number of hydrogen-bond acceptors (Lipinski definition) is 4. The number of aryl methyl sites for hydroxylation is 1. The van der Waals surface area contributed by atoms with E-state index < -0.39 is 0 Å². The Labute approximate surface area is 119 Å². The van der Waals surface area contributed by atoms with Crippen LogP contribution in [0.15, 0.2) is 35.8 Å². The van der Waals surface area contributed by atoms with Gasteiger partial charge >= 0.3 is 0 Å². The van der Waals surface area contributed by atoms with Gasteiger partial charge in [0.15, 0.2) is 0 Å². The minimum Gasteiger partial charge on any atom is -0.299 e. The molecule has 3 rings (SSSR count). The molecule has 0 unspecified atom stereocenters. The summed E-state index contributed by atoms with van der Waals surface area (Å²) < 4.78 is 1.25. The fourth-order valence-corrected chi connectivity index (χ4v) is 3.87. The maximum absolute atomic E-state index is 12.1. The number of aromatic nitrogens is 1. The van der Waals surface area contributed by atoms with E-state index in [4.69, 9.17) is 0 Å². The molecule has 0 amide bonds. The number of Topliss-reactive ketones (excluding diaryl/α,β-unsaturated/α-hetero) is 1. The molecule has 0 fully saturated rings. The van der Waals surface area contributed by atoms with E-state index in [-0.39, 0.29) is 5.78 Å². The number of ketones is 1. The van der Waals surface area contributed by atoms with E-state index in [1.165, 1.54) is 10.1 Å². The average molecular weight is 287 g/mol. The molecule has 2 heterocycles. The zero-order valence-corrected chi connectivity index (χ0v) is 12.2. The molecule has 0 radical (unpaired) electrons. The van der Waals surface area contributed by atoms with Crippen molar-refractivity contribution in [1.82, 2.24) is 4.98 Å². The van der Waals surface area contributed by atoms with Gasteiger partial charge in [0.25, 0.3) is 0 Å². The Bertz CT molecular complexity index is 726. The Morgan fingerprint density at radius 2 is 2.11 bits per heavy atom. The van der Waals surface area contributed by atoms with Gasteiger partial charge in [-0.05, 0) is 29.3 Å². The predicted octanol–water partition coefficient (Wildman–Crippen LogP) is 4.02. The molecule has 0 spiro atoms. The topological polar surface area (TPSA) is 30.0 Å². The number of carbonyl (C=O) groups excluding carboxylic acids is 1. The lowest BCUT2D eigenvalue weighted by Crippen LogP contribution is -2.05. The van der Waals surface area contributed by atoms with Gasteiger partial charge in [-0.1, -0.05) is 18.2 Å². The third kappa shape index (κ3) is 2.74. The van der Waals surface area contributed by atoms with E-state index in [0.717, 1.165) is 15.4 Å².